The highest BCUT2D eigenvalue weighted by Gasteiger charge is 2.10. The summed E-state index contributed by atoms with van der Waals surface area (Å²) in [6.45, 7) is 1.67. The minimum Gasteiger partial charge on any atom is -0.370 e. The number of aromatic nitrogens is 1. The largest absolute Gasteiger partial charge is 0.370 e. The molecule has 1 aliphatic heterocycles. The number of fused-ring (bicyclic) bond motifs is 1. The number of nitrogens with one attached hydrogen (secondary N) is 3. The molecule has 2 heterocycles. The van der Waals surface area contributed by atoms with Gasteiger partial charge < -0.3 is 16.0 Å². The third-order valence-corrected chi connectivity index (χ3v) is 4.36. The number of nitrogens with zero attached hydrogens (tertiary/aromatic N) is 1. The van der Waals surface area contributed by atoms with Crippen LogP contribution < -0.4 is 16.0 Å². The first-order valence-electron chi connectivity index (χ1n) is 8.30. The molecule has 0 saturated carbocycles. The Bertz CT molecular complexity index is 769. The Kier molecular flexibility index (Phi) is 5.71. The SMILES string of the molecule is O=C(NCCc1ccc2c(n1)NCCC2)NCc1ccc(Cl)c(F)c1. The van der Waals surface area contributed by atoms with Crippen molar-refractivity contribution in [1.29, 1.82) is 0 Å². The van der Waals surface area contributed by atoms with E-state index in [1.165, 1.54) is 17.7 Å². The summed E-state index contributed by atoms with van der Waals surface area (Å²) in [5.74, 6) is 0.464. The standard InChI is InChI=1S/C18H20ClFN4O/c19-15-6-3-12(10-16(15)20)11-23-18(25)22-9-7-14-5-4-13-2-1-8-21-17(13)24-14/h3-6,10H,1-2,7-9,11H2,(H,21,24)(H2,22,23,25). The monoisotopic (exact) mass is 362 g/mol. The van der Waals surface area contributed by atoms with Gasteiger partial charge in [0.2, 0.25) is 0 Å². The molecule has 25 heavy (non-hydrogen) atoms. The first-order chi connectivity index (χ1) is 12.1. The normalized spacial score (nSPS) is 12.9. The number of carbonyl (C=O) groups is 1. The molecular weight excluding hydrogens is 343 g/mol. The van der Waals surface area contributed by atoms with Crippen LogP contribution in [-0.2, 0) is 19.4 Å². The van der Waals surface area contributed by atoms with Gasteiger partial charge in [-0.15, -0.1) is 0 Å². The molecule has 1 aromatic heterocycles. The van der Waals surface area contributed by atoms with Gasteiger partial charge in [0, 0.05) is 31.7 Å². The molecule has 0 radical (unpaired) electrons. The van der Waals surface area contributed by atoms with Gasteiger partial charge in [-0.1, -0.05) is 23.7 Å². The number of pyridine rings is 1. The van der Waals surface area contributed by atoms with Crippen molar-refractivity contribution in [1.82, 2.24) is 15.6 Å². The van der Waals surface area contributed by atoms with Gasteiger partial charge in [-0.25, -0.2) is 14.2 Å². The van der Waals surface area contributed by atoms with E-state index < -0.39 is 5.82 Å². The topological polar surface area (TPSA) is 66.0 Å². The Morgan fingerprint density at radius 3 is 3.00 bits per heavy atom. The maximum atomic E-state index is 13.3. The Balaban J connectivity index is 1.42. The summed E-state index contributed by atoms with van der Waals surface area (Å²) in [5, 5.41) is 8.83. The highest BCUT2D eigenvalue weighted by molar-refractivity contribution is 6.30. The number of benzene rings is 1. The van der Waals surface area contributed by atoms with E-state index in [0.29, 0.717) is 18.5 Å². The zero-order valence-electron chi connectivity index (χ0n) is 13.7. The van der Waals surface area contributed by atoms with Gasteiger partial charge in [0.05, 0.1) is 5.02 Å². The molecule has 3 N–H and O–H groups in total. The van der Waals surface area contributed by atoms with E-state index in [4.69, 9.17) is 11.6 Å². The molecule has 0 atom stereocenters. The van der Waals surface area contributed by atoms with Crippen molar-refractivity contribution >= 4 is 23.4 Å². The van der Waals surface area contributed by atoms with Gasteiger partial charge in [-0.2, -0.15) is 0 Å². The first kappa shape index (κ1) is 17.5. The van der Waals surface area contributed by atoms with Crippen LogP contribution >= 0.6 is 11.6 Å². The first-order valence-corrected chi connectivity index (χ1v) is 8.68. The second-order valence-corrected chi connectivity index (χ2v) is 6.36. The number of halogens is 2. The summed E-state index contributed by atoms with van der Waals surface area (Å²) in [5.41, 5.74) is 2.84. The molecule has 132 valence electrons. The Labute approximate surface area is 151 Å². The van der Waals surface area contributed by atoms with E-state index >= 15 is 0 Å². The Morgan fingerprint density at radius 2 is 2.16 bits per heavy atom. The minimum atomic E-state index is -0.492. The maximum Gasteiger partial charge on any atom is 0.315 e. The number of anilines is 1. The number of aryl methyl sites for hydroxylation is 1. The van der Waals surface area contributed by atoms with Gasteiger partial charge >= 0.3 is 6.03 Å². The highest BCUT2D eigenvalue weighted by atomic mass is 35.5. The molecule has 5 nitrogen and oxygen atoms in total. The van der Waals surface area contributed by atoms with E-state index in [1.807, 2.05) is 6.07 Å². The molecular formula is C18H20ClFN4O. The van der Waals surface area contributed by atoms with E-state index in [2.05, 4.69) is 27.0 Å². The van der Waals surface area contributed by atoms with E-state index in [1.54, 1.807) is 6.07 Å². The Morgan fingerprint density at radius 1 is 1.28 bits per heavy atom. The maximum absolute atomic E-state index is 13.3. The molecule has 2 amide bonds. The quantitative estimate of drug-likeness (QED) is 0.764. The molecule has 3 rings (SSSR count). The smallest absolute Gasteiger partial charge is 0.315 e. The van der Waals surface area contributed by atoms with Crippen LogP contribution in [0.4, 0.5) is 15.0 Å². The van der Waals surface area contributed by atoms with Gasteiger partial charge in [0.25, 0.3) is 0 Å². The third kappa shape index (κ3) is 4.82. The lowest BCUT2D eigenvalue weighted by molar-refractivity contribution is 0.240. The van der Waals surface area contributed by atoms with Crippen LogP contribution in [0.2, 0.25) is 5.02 Å². The van der Waals surface area contributed by atoms with Crippen LogP contribution in [0.3, 0.4) is 0 Å². The number of rotatable bonds is 5. The van der Waals surface area contributed by atoms with Crippen molar-refractivity contribution in [3.63, 3.8) is 0 Å². The number of hydrogen-bond acceptors (Lipinski definition) is 3. The lowest BCUT2D eigenvalue weighted by atomic mass is 10.1. The molecule has 0 spiro atoms. The molecule has 1 aromatic carbocycles. The van der Waals surface area contributed by atoms with Gasteiger partial charge in [0.1, 0.15) is 11.6 Å². The molecule has 0 unspecified atom stereocenters. The molecule has 0 fully saturated rings. The molecule has 0 saturated heterocycles. The highest BCUT2D eigenvalue weighted by Crippen LogP contribution is 2.19. The summed E-state index contributed by atoms with van der Waals surface area (Å²) < 4.78 is 13.3. The van der Waals surface area contributed by atoms with E-state index in [9.17, 15) is 9.18 Å². The van der Waals surface area contributed by atoms with Crippen LogP contribution in [0.5, 0.6) is 0 Å². The fourth-order valence-corrected chi connectivity index (χ4v) is 2.82. The van der Waals surface area contributed by atoms with E-state index in [-0.39, 0.29) is 17.6 Å². The van der Waals surface area contributed by atoms with Crippen molar-refractivity contribution in [2.24, 2.45) is 0 Å². The fourth-order valence-electron chi connectivity index (χ4n) is 2.71. The summed E-state index contributed by atoms with van der Waals surface area (Å²) in [4.78, 5) is 16.4. The molecule has 2 aromatic rings. The average Bonchev–Trinajstić information content (AvgIpc) is 2.62. The summed E-state index contributed by atoms with van der Waals surface area (Å²) in [6, 6.07) is 8.26. The van der Waals surface area contributed by atoms with Crippen LogP contribution in [0, 0.1) is 5.82 Å². The zero-order valence-corrected chi connectivity index (χ0v) is 14.5. The van der Waals surface area contributed by atoms with Crippen molar-refractivity contribution in [2.45, 2.75) is 25.8 Å². The van der Waals surface area contributed by atoms with Crippen LogP contribution in [-0.4, -0.2) is 24.1 Å². The molecule has 7 heteroatoms. The average molecular weight is 363 g/mol. The number of carbonyl (C=O) groups excluding carboxylic acids is 1. The van der Waals surface area contributed by atoms with Gasteiger partial charge in [-0.05, 0) is 42.2 Å². The van der Waals surface area contributed by atoms with Gasteiger partial charge in [-0.3, -0.25) is 0 Å². The van der Waals surface area contributed by atoms with Crippen molar-refractivity contribution in [3.8, 4) is 0 Å². The minimum absolute atomic E-state index is 0.0697. The van der Waals surface area contributed by atoms with Gasteiger partial charge in [0.15, 0.2) is 0 Å². The second-order valence-electron chi connectivity index (χ2n) is 5.95. The third-order valence-electron chi connectivity index (χ3n) is 4.06. The zero-order chi connectivity index (χ0) is 17.6. The predicted molar refractivity (Wildman–Crippen MR) is 96.4 cm³/mol. The lowest BCUT2D eigenvalue weighted by Gasteiger charge is -2.17. The fraction of sp³-hybridized carbons (Fsp3) is 0.333. The molecule has 0 bridgehead atoms. The van der Waals surface area contributed by atoms with Crippen LogP contribution in [0.1, 0.15) is 23.2 Å². The lowest BCUT2D eigenvalue weighted by Crippen LogP contribution is -2.36. The summed E-state index contributed by atoms with van der Waals surface area (Å²) in [6.07, 6.45) is 2.84. The number of amides is 2. The number of urea groups is 1. The summed E-state index contributed by atoms with van der Waals surface area (Å²) in [7, 11) is 0. The van der Waals surface area contributed by atoms with Crippen molar-refractivity contribution in [2.75, 3.05) is 18.4 Å². The number of hydrogen-bond donors (Lipinski definition) is 3. The van der Waals surface area contributed by atoms with Crippen molar-refractivity contribution in [3.05, 3.63) is 58.0 Å². The van der Waals surface area contributed by atoms with Crippen LogP contribution in [0.25, 0.3) is 0 Å². The van der Waals surface area contributed by atoms with Crippen molar-refractivity contribution < 1.29 is 9.18 Å². The molecule has 1 aliphatic rings. The van der Waals surface area contributed by atoms with E-state index in [0.717, 1.165) is 30.9 Å². The second kappa shape index (κ2) is 8.16. The summed E-state index contributed by atoms with van der Waals surface area (Å²) >= 11 is 5.63. The van der Waals surface area contributed by atoms with Crippen LogP contribution in [0.15, 0.2) is 30.3 Å². The predicted octanol–water partition coefficient (Wildman–Crippen LogP) is 3.27. The Hall–Kier alpha value is -2.34. The molecule has 0 aliphatic carbocycles.